The molecule has 1 fully saturated rings. The summed E-state index contributed by atoms with van der Waals surface area (Å²) in [4.78, 5) is 14.3. The Bertz CT molecular complexity index is 811. The van der Waals surface area contributed by atoms with Gasteiger partial charge in [0.05, 0.1) is 18.8 Å². The quantitative estimate of drug-likeness (QED) is 0.475. The number of piperidine rings is 1. The number of aliphatic hydroxyl groups excluding tert-OH is 1. The van der Waals surface area contributed by atoms with Crippen molar-refractivity contribution in [3.05, 3.63) is 83.6 Å². The number of benzene rings is 2. The van der Waals surface area contributed by atoms with Gasteiger partial charge in [-0.05, 0) is 38.2 Å². The topological polar surface area (TPSA) is 59.0 Å². The van der Waals surface area contributed by atoms with Crippen molar-refractivity contribution < 1.29 is 19.4 Å². The summed E-state index contributed by atoms with van der Waals surface area (Å²) in [7, 11) is 0. The lowest BCUT2D eigenvalue weighted by Gasteiger charge is -2.43. The second kappa shape index (κ2) is 13.0. The van der Waals surface area contributed by atoms with Crippen LogP contribution in [0.2, 0.25) is 0 Å². The highest BCUT2D eigenvalue weighted by atomic mass is 16.5. The summed E-state index contributed by atoms with van der Waals surface area (Å²) in [6, 6.07) is 22.8. The fourth-order valence-corrected chi connectivity index (χ4v) is 4.25. The maximum atomic E-state index is 12.1. The van der Waals surface area contributed by atoms with E-state index in [0.717, 1.165) is 38.8 Å². The largest absolute Gasteiger partial charge is 0.511 e. The molecule has 5 heteroatoms. The van der Waals surface area contributed by atoms with Crippen molar-refractivity contribution in [2.24, 2.45) is 5.92 Å². The summed E-state index contributed by atoms with van der Waals surface area (Å²) in [6.45, 7) is 4.79. The smallest absolute Gasteiger partial charge is 0.338 e. The molecule has 4 rings (SSSR count). The van der Waals surface area contributed by atoms with Crippen molar-refractivity contribution in [1.29, 1.82) is 0 Å². The van der Waals surface area contributed by atoms with Gasteiger partial charge in [-0.1, -0.05) is 66.7 Å². The molecular formula is C27H35NO4. The van der Waals surface area contributed by atoms with Crippen LogP contribution in [0, 0.1) is 5.92 Å². The number of hydrogen-bond acceptors (Lipinski definition) is 5. The first kappa shape index (κ1) is 24.0. The van der Waals surface area contributed by atoms with E-state index in [2.05, 4.69) is 29.2 Å². The first-order chi connectivity index (χ1) is 15.7. The number of aryl methyl sites for hydroxylation is 1. The van der Waals surface area contributed by atoms with E-state index in [1.807, 2.05) is 42.5 Å². The number of fused-ring (bicyclic) bond motifs is 2. The predicted octanol–water partition coefficient (Wildman–Crippen LogP) is 4.79. The van der Waals surface area contributed by atoms with Crippen molar-refractivity contribution in [2.75, 3.05) is 32.9 Å². The van der Waals surface area contributed by atoms with E-state index in [0.29, 0.717) is 31.4 Å². The van der Waals surface area contributed by atoms with Gasteiger partial charge in [0.1, 0.15) is 5.76 Å². The van der Waals surface area contributed by atoms with Gasteiger partial charge in [-0.2, -0.15) is 0 Å². The molecule has 0 saturated carbocycles. The van der Waals surface area contributed by atoms with E-state index in [1.54, 1.807) is 6.92 Å². The molecule has 1 saturated heterocycles. The van der Waals surface area contributed by atoms with Gasteiger partial charge < -0.3 is 14.6 Å². The predicted molar refractivity (Wildman–Crippen MR) is 126 cm³/mol. The second-order valence-corrected chi connectivity index (χ2v) is 8.26. The molecule has 2 heterocycles. The lowest BCUT2D eigenvalue weighted by atomic mass is 9.85. The lowest BCUT2D eigenvalue weighted by Crippen LogP contribution is -2.51. The Labute approximate surface area is 191 Å². The highest BCUT2D eigenvalue weighted by Gasteiger charge is 2.38. The van der Waals surface area contributed by atoms with Gasteiger partial charge in [0.2, 0.25) is 0 Å². The number of rotatable bonds is 8. The molecular weight excluding hydrogens is 402 g/mol. The van der Waals surface area contributed by atoms with Crippen LogP contribution in [0.25, 0.3) is 0 Å². The fourth-order valence-electron chi connectivity index (χ4n) is 4.25. The van der Waals surface area contributed by atoms with Crippen LogP contribution in [-0.2, 0) is 20.7 Å². The Balaban J connectivity index is 0.000000416. The number of aliphatic hydroxyl groups is 1. The van der Waals surface area contributed by atoms with Gasteiger partial charge in [0, 0.05) is 31.7 Å². The molecule has 0 spiro atoms. The molecule has 3 unspecified atom stereocenters. The van der Waals surface area contributed by atoms with Crippen LogP contribution in [0.4, 0.5) is 0 Å². The minimum absolute atomic E-state index is 0.0532. The molecule has 0 aromatic heterocycles. The number of nitrogens with zero attached hydrogens (tertiary/aromatic N) is 1. The molecule has 32 heavy (non-hydrogen) atoms. The third-order valence-electron chi connectivity index (χ3n) is 5.97. The molecule has 0 amide bonds. The van der Waals surface area contributed by atoms with Gasteiger partial charge in [-0.3, -0.25) is 4.90 Å². The molecule has 2 bridgehead atoms. The summed E-state index contributed by atoms with van der Waals surface area (Å²) >= 11 is 0. The van der Waals surface area contributed by atoms with Gasteiger partial charge >= 0.3 is 5.97 Å². The summed E-state index contributed by atoms with van der Waals surface area (Å²) in [6.07, 6.45) is 3.92. The number of carbonyl (C=O) groups is 1. The van der Waals surface area contributed by atoms with Crippen molar-refractivity contribution in [1.82, 2.24) is 4.90 Å². The Kier molecular flexibility index (Phi) is 9.79. The van der Waals surface area contributed by atoms with Crippen LogP contribution in [-0.4, -0.2) is 54.9 Å². The third kappa shape index (κ3) is 7.21. The standard InChI is InChI=1S/C21H29NO4.C6H6/c1-2-26-21(24)19-14-22-13-17(20(19)23)10-11-18(22)15-25-12-6-9-16-7-4-3-5-8-16;1-2-4-6-5-3-1/h3-5,7-8,17-18,23H,2,6,9-15H2,1H3;1-6H. The maximum absolute atomic E-state index is 12.1. The normalized spacial score (nSPS) is 22.0. The number of carbonyl (C=O) groups excluding carboxylic acids is 1. The number of ether oxygens (including phenoxy) is 2. The zero-order chi connectivity index (χ0) is 22.6. The van der Waals surface area contributed by atoms with Crippen molar-refractivity contribution >= 4 is 5.97 Å². The Morgan fingerprint density at radius 1 is 1.03 bits per heavy atom. The molecule has 2 aliphatic rings. The summed E-state index contributed by atoms with van der Waals surface area (Å²) in [5.74, 6) is -0.0939. The molecule has 5 nitrogen and oxygen atoms in total. The molecule has 2 aromatic rings. The Morgan fingerprint density at radius 2 is 1.69 bits per heavy atom. The molecule has 0 aliphatic carbocycles. The SMILES string of the molecule is CCOC(=O)C1=C(O)C2CCC(COCCCc3ccccc3)N(C1)C2.c1ccccc1. The van der Waals surface area contributed by atoms with Crippen LogP contribution >= 0.6 is 0 Å². The first-order valence-corrected chi connectivity index (χ1v) is 11.6. The maximum Gasteiger partial charge on any atom is 0.338 e. The van der Waals surface area contributed by atoms with Crippen molar-refractivity contribution in [3.8, 4) is 0 Å². The third-order valence-corrected chi connectivity index (χ3v) is 5.97. The van der Waals surface area contributed by atoms with E-state index in [4.69, 9.17) is 9.47 Å². The first-order valence-electron chi connectivity index (χ1n) is 11.6. The van der Waals surface area contributed by atoms with Crippen LogP contribution in [0.3, 0.4) is 0 Å². The van der Waals surface area contributed by atoms with Crippen LogP contribution < -0.4 is 0 Å². The highest BCUT2D eigenvalue weighted by molar-refractivity contribution is 5.89. The summed E-state index contributed by atoms with van der Waals surface area (Å²) < 4.78 is 11.0. The van der Waals surface area contributed by atoms with Gasteiger partial charge in [0.15, 0.2) is 0 Å². The van der Waals surface area contributed by atoms with E-state index < -0.39 is 0 Å². The summed E-state index contributed by atoms with van der Waals surface area (Å²) in [5, 5.41) is 10.3. The Morgan fingerprint density at radius 3 is 2.34 bits per heavy atom. The molecule has 172 valence electrons. The Hall–Kier alpha value is -2.63. The van der Waals surface area contributed by atoms with Crippen LogP contribution in [0.15, 0.2) is 78.1 Å². The van der Waals surface area contributed by atoms with Crippen molar-refractivity contribution in [2.45, 2.75) is 38.6 Å². The van der Waals surface area contributed by atoms with Crippen LogP contribution in [0.1, 0.15) is 31.7 Å². The second-order valence-electron chi connectivity index (χ2n) is 8.26. The van der Waals surface area contributed by atoms with Crippen molar-refractivity contribution in [3.63, 3.8) is 0 Å². The molecule has 2 aromatic carbocycles. The van der Waals surface area contributed by atoms with E-state index in [-0.39, 0.29) is 17.6 Å². The average Bonchev–Trinajstić information content (AvgIpc) is 2.84. The fraction of sp³-hybridized carbons (Fsp3) is 0.444. The molecule has 0 radical (unpaired) electrons. The lowest BCUT2D eigenvalue weighted by molar-refractivity contribution is -0.139. The van der Waals surface area contributed by atoms with E-state index in [1.165, 1.54) is 5.56 Å². The molecule has 1 N–H and O–H groups in total. The van der Waals surface area contributed by atoms with Gasteiger partial charge in [-0.15, -0.1) is 0 Å². The minimum Gasteiger partial charge on any atom is -0.511 e. The van der Waals surface area contributed by atoms with E-state index in [9.17, 15) is 9.90 Å². The molecule has 3 atom stereocenters. The number of esters is 1. The minimum atomic E-state index is -0.385. The van der Waals surface area contributed by atoms with Gasteiger partial charge in [-0.25, -0.2) is 4.79 Å². The highest BCUT2D eigenvalue weighted by Crippen LogP contribution is 2.33. The zero-order valence-electron chi connectivity index (χ0n) is 19.0. The van der Waals surface area contributed by atoms with Gasteiger partial charge in [0.25, 0.3) is 0 Å². The monoisotopic (exact) mass is 437 g/mol. The summed E-state index contributed by atoms with van der Waals surface area (Å²) in [5.41, 5.74) is 1.77. The average molecular weight is 438 g/mol. The van der Waals surface area contributed by atoms with Crippen LogP contribution in [0.5, 0.6) is 0 Å². The zero-order valence-corrected chi connectivity index (χ0v) is 19.0. The molecule has 2 aliphatic heterocycles. The number of hydrogen-bond donors (Lipinski definition) is 1. The van der Waals surface area contributed by atoms with E-state index >= 15 is 0 Å².